The van der Waals surface area contributed by atoms with Gasteiger partial charge in [-0.2, -0.15) is 0 Å². The lowest BCUT2D eigenvalue weighted by Gasteiger charge is -2.17. The number of aromatic nitrogens is 2. The van der Waals surface area contributed by atoms with Gasteiger partial charge in [0.05, 0.1) is 5.92 Å². The Morgan fingerprint density at radius 2 is 1.80 bits per heavy atom. The number of carbonyl (C=O) groups is 1. The lowest BCUT2D eigenvalue weighted by atomic mass is 9.91. The molecule has 0 spiro atoms. The van der Waals surface area contributed by atoms with Gasteiger partial charge in [-0.25, -0.2) is 9.97 Å². The minimum atomic E-state index is -0.904. The highest BCUT2D eigenvalue weighted by molar-refractivity contribution is 6.34. The molecule has 0 aliphatic rings. The summed E-state index contributed by atoms with van der Waals surface area (Å²) in [7, 11) is 0. The number of carboxylic acids is 1. The van der Waals surface area contributed by atoms with Gasteiger partial charge in [0.15, 0.2) is 0 Å². The van der Waals surface area contributed by atoms with E-state index in [0.717, 1.165) is 0 Å². The number of hydrogen-bond acceptors (Lipinski definition) is 3. The van der Waals surface area contributed by atoms with E-state index >= 15 is 0 Å². The molecule has 0 aliphatic heterocycles. The Morgan fingerprint density at radius 3 is 2.20 bits per heavy atom. The molecule has 6 heteroatoms. The van der Waals surface area contributed by atoms with Crippen molar-refractivity contribution in [1.82, 2.24) is 9.97 Å². The Balaban J connectivity index is 3.10. The van der Waals surface area contributed by atoms with Gasteiger partial charge in [0.1, 0.15) is 16.6 Å². The van der Waals surface area contributed by atoms with Gasteiger partial charge in [-0.05, 0) is 0 Å². The average molecular weight is 249 g/mol. The number of carboxylic acid groups (broad SMARTS) is 1. The van der Waals surface area contributed by atoms with Gasteiger partial charge in [-0.1, -0.05) is 37.0 Å². The van der Waals surface area contributed by atoms with Crippen LogP contribution in [0.1, 0.15) is 25.3 Å². The Bertz CT molecular complexity index is 364. The molecule has 0 fully saturated rings. The molecule has 0 aliphatic carbocycles. The third-order valence-corrected chi connectivity index (χ3v) is 2.98. The van der Waals surface area contributed by atoms with Crippen molar-refractivity contribution in [2.75, 3.05) is 0 Å². The first-order valence-corrected chi connectivity index (χ1v) is 5.09. The fraction of sp³-hybridized carbons (Fsp3) is 0.444. The zero-order chi connectivity index (χ0) is 11.6. The van der Waals surface area contributed by atoms with Crippen molar-refractivity contribution in [3.05, 3.63) is 22.2 Å². The van der Waals surface area contributed by atoms with Crippen molar-refractivity contribution in [3.8, 4) is 0 Å². The maximum Gasteiger partial charge on any atom is 0.306 e. The molecule has 0 aromatic carbocycles. The number of halogens is 2. The van der Waals surface area contributed by atoms with E-state index in [1.165, 1.54) is 6.33 Å². The second-order valence-electron chi connectivity index (χ2n) is 3.28. The largest absolute Gasteiger partial charge is 0.481 e. The van der Waals surface area contributed by atoms with E-state index in [-0.39, 0.29) is 16.2 Å². The first-order chi connectivity index (χ1) is 6.95. The van der Waals surface area contributed by atoms with Crippen LogP contribution in [0.5, 0.6) is 0 Å². The molecule has 0 amide bonds. The molecule has 0 bridgehead atoms. The van der Waals surface area contributed by atoms with Crippen molar-refractivity contribution in [1.29, 1.82) is 0 Å². The minimum Gasteiger partial charge on any atom is -0.481 e. The molecule has 0 radical (unpaired) electrons. The lowest BCUT2D eigenvalue weighted by molar-refractivity contribution is -0.141. The monoisotopic (exact) mass is 248 g/mol. The summed E-state index contributed by atoms with van der Waals surface area (Å²) in [5.41, 5.74) is 0.482. The fourth-order valence-corrected chi connectivity index (χ4v) is 1.85. The van der Waals surface area contributed by atoms with E-state index in [4.69, 9.17) is 28.3 Å². The van der Waals surface area contributed by atoms with Gasteiger partial charge in [0.25, 0.3) is 0 Å². The van der Waals surface area contributed by atoms with Crippen LogP contribution in [-0.4, -0.2) is 21.0 Å². The summed E-state index contributed by atoms with van der Waals surface area (Å²) in [6.07, 6.45) is 1.24. The van der Waals surface area contributed by atoms with E-state index in [1.807, 2.05) is 0 Å². The summed E-state index contributed by atoms with van der Waals surface area (Å²) in [5.74, 6) is -1.83. The summed E-state index contributed by atoms with van der Waals surface area (Å²) in [6.45, 7) is 3.32. The molecule has 15 heavy (non-hydrogen) atoms. The SMILES string of the molecule is CC(C(=O)O)C(C)c1c(Cl)ncnc1Cl. The van der Waals surface area contributed by atoms with Gasteiger partial charge < -0.3 is 5.11 Å². The summed E-state index contributed by atoms with van der Waals surface area (Å²) in [6, 6.07) is 0. The Kier molecular flexibility index (Phi) is 3.88. The summed E-state index contributed by atoms with van der Waals surface area (Å²) >= 11 is 11.7. The van der Waals surface area contributed by atoms with Crippen molar-refractivity contribution in [2.45, 2.75) is 19.8 Å². The summed E-state index contributed by atoms with van der Waals surface area (Å²) in [4.78, 5) is 18.4. The predicted octanol–water partition coefficient (Wildman–Crippen LogP) is 2.61. The second kappa shape index (κ2) is 4.77. The zero-order valence-electron chi connectivity index (χ0n) is 8.24. The maximum atomic E-state index is 10.8. The third-order valence-electron chi connectivity index (χ3n) is 2.38. The molecule has 2 unspecified atom stereocenters. The molecule has 1 aromatic rings. The Morgan fingerprint density at radius 1 is 1.33 bits per heavy atom. The number of aliphatic carboxylic acids is 1. The van der Waals surface area contributed by atoms with Gasteiger partial charge in [-0.15, -0.1) is 0 Å². The highest BCUT2D eigenvalue weighted by atomic mass is 35.5. The molecule has 2 atom stereocenters. The molecule has 82 valence electrons. The van der Waals surface area contributed by atoms with Gasteiger partial charge in [0, 0.05) is 11.5 Å². The van der Waals surface area contributed by atoms with Crippen molar-refractivity contribution >= 4 is 29.2 Å². The normalized spacial score (nSPS) is 14.7. The van der Waals surface area contributed by atoms with Crippen LogP contribution in [0.2, 0.25) is 10.3 Å². The molecular weight excluding hydrogens is 239 g/mol. The third kappa shape index (κ3) is 2.58. The minimum absolute atomic E-state index is 0.204. The molecular formula is C9H10Cl2N2O2. The summed E-state index contributed by atoms with van der Waals surface area (Å²) < 4.78 is 0. The molecule has 1 rings (SSSR count). The Labute approximate surface area is 97.3 Å². The highest BCUT2D eigenvalue weighted by Gasteiger charge is 2.25. The topological polar surface area (TPSA) is 63.1 Å². The van der Waals surface area contributed by atoms with Crippen LogP contribution in [0.15, 0.2) is 6.33 Å². The highest BCUT2D eigenvalue weighted by Crippen LogP contribution is 2.32. The van der Waals surface area contributed by atoms with E-state index in [2.05, 4.69) is 9.97 Å². The quantitative estimate of drug-likeness (QED) is 0.836. The van der Waals surface area contributed by atoms with Crippen LogP contribution >= 0.6 is 23.2 Å². The maximum absolute atomic E-state index is 10.8. The number of rotatable bonds is 3. The van der Waals surface area contributed by atoms with E-state index in [9.17, 15) is 4.79 Å². The van der Waals surface area contributed by atoms with Crippen LogP contribution in [0, 0.1) is 5.92 Å². The van der Waals surface area contributed by atoms with Crippen LogP contribution in [0.25, 0.3) is 0 Å². The summed E-state index contributed by atoms with van der Waals surface area (Å²) in [5, 5.41) is 9.28. The molecule has 1 aromatic heterocycles. The first-order valence-electron chi connectivity index (χ1n) is 4.33. The van der Waals surface area contributed by atoms with Gasteiger partial charge in [0.2, 0.25) is 0 Å². The fourth-order valence-electron chi connectivity index (χ4n) is 1.19. The first kappa shape index (κ1) is 12.2. The zero-order valence-corrected chi connectivity index (χ0v) is 9.75. The van der Waals surface area contributed by atoms with Gasteiger partial charge in [-0.3, -0.25) is 4.79 Å². The average Bonchev–Trinajstić information content (AvgIpc) is 2.15. The Hall–Kier alpha value is -0.870. The molecule has 0 saturated carbocycles. The van der Waals surface area contributed by atoms with E-state index in [1.54, 1.807) is 13.8 Å². The second-order valence-corrected chi connectivity index (χ2v) is 4.00. The van der Waals surface area contributed by atoms with Crippen molar-refractivity contribution < 1.29 is 9.90 Å². The van der Waals surface area contributed by atoms with E-state index in [0.29, 0.717) is 5.56 Å². The van der Waals surface area contributed by atoms with Crippen LogP contribution in [0.4, 0.5) is 0 Å². The van der Waals surface area contributed by atoms with Gasteiger partial charge >= 0.3 is 5.97 Å². The van der Waals surface area contributed by atoms with Crippen LogP contribution < -0.4 is 0 Å². The molecule has 0 saturated heterocycles. The lowest BCUT2D eigenvalue weighted by Crippen LogP contribution is -2.17. The van der Waals surface area contributed by atoms with Crippen LogP contribution in [0.3, 0.4) is 0 Å². The van der Waals surface area contributed by atoms with Crippen LogP contribution in [-0.2, 0) is 4.79 Å². The molecule has 1 heterocycles. The molecule has 4 nitrogen and oxygen atoms in total. The molecule has 1 N–H and O–H groups in total. The van der Waals surface area contributed by atoms with E-state index < -0.39 is 11.9 Å². The standard InChI is InChI=1S/C9H10Cl2N2O2/c1-4(5(2)9(14)15)6-7(10)12-3-13-8(6)11/h3-5H,1-2H3,(H,14,15). The number of nitrogens with zero attached hydrogens (tertiary/aromatic N) is 2. The number of hydrogen-bond donors (Lipinski definition) is 1. The smallest absolute Gasteiger partial charge is 0.306 e. The van der Waals surface area contributed by atoms with Crippen molar-refractivity contribution in [3.63, 3.8) is 0 Å². The predicted molar refractivity (Wildman–Crippen MR) is 57.3 cm³/mol. The van der Waals surface area contributed by atoms with Crippen molar-refractivity contribution in [2.24, 2.45) is 5.92 Å².